The molecule has 1 atom stereocenters. The first kappa shape index (κ1) is 13.9. The first-order valence-corrected chi connectivity index (χ1v) is 5.54. The van der Waals surface area contributed by atoms with Gasteiger partial charge in [0.05, 0.1) is 0 Å². The number of rotatable bonds is 2. The Morgan fingerprint density at radius 3 is 2.47 bits per heavy atom. The zero-order valence-corrected chi connectivity index (χ0v) is 10.0. The Morgan fingerprint density at radius 2 is 2.20 bits per heavy atom. The summed E-state index contributed by atoms with van der Waals surface area (Å²) in [6.45, 7) is 9.16. The Morgan fingerprint density at radius 1 is 1.67 bits per heavy atom. The maximum absolute atomic E-state index is 9.60. The van der Waals surface area contributed by atoms with Gasteiger partial charge in [-0.2, -0.15) is 0 Å². The summed E-state index contributed by atoms with van der Waals surface area (Å²) in [7, 11) is 0. The molecule has 1 saturated carbocycles. The molecule has 2 heteroatoms. The average molecular weight is 210 g/mol. The van der Waals surface area contributed by atoms with Crippen LogP contribution in [0.3, 0.4) is 0 Å². The molecule has 15 heavy (non-hydrogen) atoms. The molecule has 1 rings (SSSR count). The molecule has 0 amide bonds. The largest absolute Gasteiger partial charge is 0.478 e. The van der Waals surface area contributed by atoms with Crippen molar-refractivity contribution < 1.29 is 9.90 Å². The first-order valence-electron chi connectivity index (χ1n) is 5.54. The van der Waals surface area contributed by atoms with Crippen molar-refractivity contribution in [1.82, 2.24) is 0 Å². The van der Waals surface area contributed by atoms with Crippen molar-refractivity contribution in [3.8, 4) is 0 Å². The second-order valence-corrected chi connectivity index (χ2v) is 4.20. The molecule has 0 radical (unpaired) electrons. The predicted octanol–water partition coefficient (Wildman–Crippen LogP) is 3.79. The van der Waals surface area contributed by atoms with E-state index in [1.807, 2.05) is 0 Å². The Labute approximate surface area is 92.7 Å². The van der Waals surface area contributed by atoms with Crippen LogP contribution in [0.4, 0.5) is 0 Å². The Kier molecular flexibility index (Phi) is 6.76. The smallest absolute Gasteiger partial charge is 0.330 e. The van der Waals surface area contributed by atoms with Gasteiger partial charge >= 0.3 is 5.97 Å². The molecule has 1 N–H and O–H groups in total. The monoisotopic (exact) mass is 210 g/mol. The van der Waals surface area contributed by atoms with Crippen LogP contribution < -0.4 is 0 Å². The highest BCUT2D eigenvalue weighted by molar-refractivity contribution is 5.84. The summed E-state index contributed by atoms with van der Waals surface area (Å²) in [6.07, 6.45) is 7.78. The van der Waals surface area contributed by atoms with Crippen LogP contribution in [-0.4, -0.2) is 11.1 Å². The summed E-state index contributed by atoms with van der Waals surface area (Å²) in [5.41, 5.74) is 1.88. The molecule has 0 spiro atoms. The normalized spacial score (nSPS) is 22.1. The fraction of sp³-hybridized carbons (Fsp3) is 0.615. The van der Waals surface area contributed by atoms with Gasteiger partial charge in [-0.25, -0.2) is 4.79 Å². The van der Waals surface area contributed by atoms with Gasteiger partial charge in [0.25, 0.3) is 0 Å². The summed E-state index contributed by atoms with van der Waals surface area (Å²) in [5.74, 6) is 0.0257. The third-order valence-electron chi connectivity index (χ3n) is 2.43. The van der Waals surface area contributed by atoms with E-state index in [0.29, 0.717) is 0 Å². The molecular weight excluding hydrogens is 188 g/mol. The van der Waals surface area contributed by atoms with Crippen molar-refractivity contribution in [2.75, 3.05) is 0 Å². The second kappa shape index (κ2) is 7.27. The maximum Gasteiger partial charge on any atom is 0.330 e. The molecule has 1 aliphatic rings. The molecule has 0 aliphatic heterocycles. The van der Waals surface area contributed by atoms with Crippen LogP contribution in [0.2, 0.25) is 0 Å². The van der Waals surface area contributed by atoms with E-state index in [4.69, 9.17) is 5.11 Å². The number of carboxylic acid groups (broad SMARTS) is 1. The lowest BCUT2D eigenvalue weighted by atomic mass is 10.1. The maximum atomic E-state index is 9.60. The van der Waals surface area contributed by atoms with Gasteiger partial charge in [0.1, 0.15) is 0 Å². The van der Waals surface area contributed by atoms with Crippen LogP contribution in [0.5, 0.6) is 0 Å². The van der Waals surface area contributed by atoms with Gasteiger partial charge in [-0.1, -0.05) is 32.1 Å². The van der Waals surface area contributed by atoms with E-state index >= 15 is 0 Å². The van der Waals surface area contributed by atoms with E-state index in [-0.39, 0.29) is 5.57 Å². The van der Waals surface area contributed by atoms with Gasteiger partial charge in [0, 0.05) is 5.57 Å². The first-order chi connectivity index (χ1) is 6.97. The standard InChI is InChI=1S/C9H16.C4H6O2/c1-3-4-9-6-5-8(2)7-9;1-3(2)4(5)6/h4,8H,3,5-7H2,1-2H3;1H2,2H3,(H,5,6). The van der Waals surface area contributed by atoms with E-state index < -0.39 is 5.97 Å². The summed E-state index contributed by atoms with van der Waals surface area (Å²) < 4.78 is 0. The molecule has 0 aromatic heterocycles. The lowest BCUT2D eigenvalue weighted by Gasteiger charge is -1.94. The van der Waals surface area contributed by atoms with Gasteiger partial charge in [0.15, 0.2) is 0 Å². The highest BCUT2D eigenvalue weighted by atomic mass is 16.4. The van der Waals surface area contributed by atoms with Gasteiger partial charge in [-0.15, -0.1) is 0 Å². The van der Waals surface area contributed by atoms with E-state index in [1.165, 1.54) is 32.6 Å². The third kappa shape index (κ3) is 6.95. The van der Waals surface area contributed by atoms with Crippen LogP contribution in [0.15, 0.2) is 23.8 Å². The lowest BCUT2D eigenvalue weighted by molar-refractivity contribution is -0.132. The van der Waals surface area contributed by atoms with Crippen molar-refractivity contribution >= 4 is 5.97 Å². The van der Waals surface area contributed by atoms with Crippen molar-refractivity contribution in [3.05, 3.63) is 23.8 Å². The molecular formula is C13H22O2. The Balaban J connectivity index is 0.000000288. The van der Waals surface area contributed by atoms with E-state index in [2.05, 4.69) is 26.5 Å². The van der Waals surface area contributed by atoms with Crippen LogP contribution >= 0.6 is 0 Å². The van der Waals surface area contributed by atoms with Crippen molar-refractivity contribution in [2.24, 2.45) is 5.92 Å². The second-order valence-electron chi connectivity index (χ2n) is 4.20. The minimum absolute atomic E-state index is 0.176. The minimum atomic E-state index is -0.935. The number of hydrogen-bond donors (Lipinski definition) is 1. The summed E-state index contributed by atoms with van der Waals surface area (Å²) >= 11 is 0. The quantitative estimate of drug-likeness (QED) is 0.556. The van der Waals surface area contributed by atoms with E-state index in [0.717, 1.165) is 5.92 Å². The third-order valence-corrected chi connectivity index (χ3v) is 2.43. The van der Waals surface area contributed by atoms with Crippen LogP contribution in [-0.2, 0) is 4.79 Å². The number of carbonyl (C=O) groups is 1. The highest BCUT2D eigenvalue weighted by Gasteiger charge is 2.13. The fourth-order valence-electron chi connectivity index (χ4n) is 1.56. The minimum Gasteiger partial charge on any atom is -0.478 e. The van der Waals surface area contributed by atoms with Gasteiger partial charge in [0.2, 0.25) is 0 Å². The van der Waals surface area contributed by atoms with E-state index in [1.54, 1.807) is 5.57 Å². The number of aliphatic carboxylic acids is 1. The summed E-state index contributed by atoms with van der Waals surface area (Å²) in [5, 5.41) is 7.89. The van der Waals surface area contributed by atoms with Gasteiger partial charge < -0.3 is 5.11 Å². The summed E-state index contributed by atoms with van der Waals surface area (Å²) in [4.78, 5) is 9.60. The van der Waals surface area contributed by atoms with Crippen LogP contribution in [0, 0.1) is 5.92 Å². The topological polar surface area (TPSA) is 37.3 Å². The summed E-state index contributed by atoms with van der Waals surface area (Å²) in [6, 6.07) is 0. The molecule has 1 unspecified atom stereocenters. The fourth-order valence-corrected chi connectivity index (χ4v) is 1.56. The average Bonchev–Trinajstić information content (AvgIpc) is 2.53. The van der Waals surface area contributed by atoms with Crippen molar-refractivity contribution in [3.63, 3.8) is 0 Å². The number of hydrogen-bond acceptors (Lipinski definition) is 1. The molecule has 0 aromatic rings. The predicted molar refractivity (Wildman–Crippen MR) is 63.8 cm³/mol. The highest BCUT2D eigenvalue weighted by Crippen LogP contribution is 2.29. The molecule has 0 bridgehead atoms. The molecule has 0 saturated heterocycles. The lowest BCUT2D eigenvalue weighted by Crippen LogP contribution is -1.92. The van der Waals surface area contributed by atoms with Gasteiger partial charge in [-0.3, -0.25) is 0 Å². The molecule has 1 aliphatic carbocycles. The van der Waals surface area contributed by atoms with Gasteiger partial charge in [-0.05, 0) is 38.5 Å². The zero-order chi connectivity index (χ0) is 11.8. The molecule has 2 nitrogen and oxygen atoms in total. The Hall–Kier alpha value is -1.05. The van der Waals surface area contributed by atoms with Crippen molar-refractivity contribution in [2.45, 2.75) is 46.5 Å². The molecule has 86 valence electrons. The number of carboxylic acids is 1. The van der Waals surface area contributed by atoms with E-state index in [9.17, 15) is 4.79 Å². The zero-order valence-electron chi connectivity index (χ0n) is 10.0. The number of allylic oxidation sites excluding steroid dienone is 2. The van der Waals surface area contributed by atoms with Crippen LogP contribution in [0.1, 0.15) is 46.5 Å². The van der Waals surface area contributed by atoms with Crippen molar-refractivity contribution in [1.29, 1.82) is 0 Å². The van der Waals surface area contributed by atoms with Crippen LogP contribution in [0.25, 0.3) is 0 Å². The molecule has 0 heterocycles. The molecule has 1 fully saturated rings. The Bertz CT molecular complexity index is 239. The SMILES string of the molecule is C=C(C)C(=O)O.CCC=C1CCC(C)C1. The molecule has 0 aromatic carbocycles.